The molecule has 0 aliphatic carbocycles. The van der Waals surface area contributed by atoms with Crippen molar-refractivity contribution in [2.24, 2.45) is 28.7 Å². The summed E-state index contributed by atoms with van der Waals surface area (Å²) < 4.78 is 8.95. The molecule has 582 valence electrons. The molecule has 0 saturated carbocycles. The molecule has 5 atom stereocenters. The Bertz CT molecular complexity index is 5280. The van der Waals surface area contributed by atoms with E-state index in [0.29, 0.717) is 57.0 Å². The first kappa shape index (κ1) is 76.7. The molecule has 0 bridgehead atoms. The Balaban J connectivity index is 0.000000117. The summed E-state index contributed by atoms with van der Waals surface area (Å²) in [7, 11) is 0. The summed E-state index contributed by atoms with van der Waals surface area (Å²) in [5, 5.41) is 35.7. The van der Waals surface area contributed by atoms with E-state index in [4.69, 9.17) is 78.9 Å². The van der Waals surface area contributed by atoms with E-state index in [1.165, 1.54) is 9.75 Å². The largest absolute Gasteiger partial charge is 0.383 e. The summed E-state index contributed by atoms with van der Waals surface area (Å²) in [6.07, 6.45) is 13.6. The number of para-hydroxylation sites is 1. The van der Waals surface area contributed by atoms with Crippen LogP contribution in [0.4, 0.5) is 80.9 Å². The van der Waals surface area contributed by atoms with Gasteiger partial charge < -0.3 is 103 Å². The summed E-state index contributed by atoms with van der Waals surface area (Å²) >= 11 is 13.3. The van der Waals surface area contributed by atoms with Crippen LogP contribution in [-0.2, 0) is 13.1 Å². The number of nitrogens with two attached hydrogens (primary N) is 10. The minimum absolute atomic E-state index is 0.173. The molecule has 12 aromatic heterocycles. The number of fused-ring (bicyclic) bond motifs is 5. The molecule has 0 spiro atoms. The number of nitrogens with zero attached hydrogens (tertiary/aromatic N) is 21. The average molecular weight is 1630 g/mol. The van der Waals surface area contributed by atoms with Gasteiger partial charge in [0.2, 0.25) is 0 Å². The van der Waals surface area contributed by atoms with Crippen molar-refractivity contribution >= 4 is 159 Å². The zero-order chi connectivity index (χ0) is 77.9. The van der Waals surface area contributed by atoms with E-state index in [9.17, 15) is 0 Å². The van der Waals surface area contributed by atoms with E-state index in [0.717, 1.165) is 195 Å². The number of hydrogen-bond donors (Lipinski definition) is 13. The first-order valence-corrected chi connectivity index (χ1v) is 39.4. The topological polar surface area (TPSA) is 467 Å². The zero-order valence-electron chi connectivity index (χ0n) is 62.0. The van der Waals surface area contributed by atoms with E-state index in [-0.39, 0.29) is 30.2 Å². The molecule has 38 heteroatoms. The Hall–Kier alpha value is -11.0. The van der Waals surface area contributed by atoms with Crippen molar-refractivity contribution in [2.75, 3.05) is 139 Å². The second-order valence-corrected chi connectivity index (χ2v) is 31.6. The molecule has 23 N–H and O–H groups in total. The lowest BCUT2D eigenvalue weighted by atomic mass is 10.3. The summed E-state index contributed by atoms with van der Waals surface area (Å²) in [4.78, 5) is 39.2. The monoisotopic (exact) mass is 1620 g/mol. The van der Waals surface area contributed by atoms with Crippen molar-refractivity contribution < 1.29 is 0 Å². The third-order valence-electron chi connectivity index (χ3n) is 19.6. The van der Waals surface area contributed by atoms with Gasteiger partial charge in [-0.3, -0.25) is 0 Å². The van der Waals surface area contributed by atoms with E-state index in [2.05, 4.69) is 150 Å². The molecule has 5 aliphatic rings. The van der Waals surface area contributed by atoms with E-state index < -0.39 is 0 Å². The predicted octanol–water partition coefficient (Wildman–Crippen LogP) is 7.55. The number of halogens is 2. The lowest BCUT2D eigenvalue weighted by Crippen LogP contribution is -2.27. The second kappa shape index (κ2) is 33.3. The van der Waals surface area contributed by atoms with Crippen LogP contribution >= 0.6 is 50.2 Å². The Labute approximate surface area is 662 Å². The predicted molar refractivity (Wildman–Crippen MR) is 453 cm³/mol. The van der Waals surface area contributed by atoms with E-state index in [1.54, 1.807) is 70.0 Å². The molecule has 5 fully saturated rings. The number of nitrogens with one attached hydrogen (secondary N) is 3. The first-order valence-electron chi connectivity index (χ1n) is 36.5. The van der Waals surface area contributed by atoms with Crippen LogP contribution in [0, 0.1) is 13.8 Å². The van der Waals surface area contributed by atoms with Crippen LogP contribution in [0.5, 0.6) is 0 Å². The minimum atomic E-state index is 0.173. The molecule has 13 aromatic rings. The van der Waals surface area contributed by atoms with Gasteiger partial charge in [0.25, 0.3) is 0 Å². The normalized spacial score (nSPS) is 18.1. The molecule has 0 amide bonds. The number of aromatic nitrogens is 15. The summed E-state index contributed by atoms with van der Waals surface area (Å²) in [5.41, 5.74) is 70.5. The van der Waals surface area contributed by atoms with E-state index >= 15 is 0 Å². The number of benzene rings is 1. The molecule has 17 heterocycles. The van der Waals surface area contributed by atoms with Crippen molar-refractivity contribution in [1.82, 2.24) is 73.0 Å². The lowest BCUT2D eigenvalue weighted by Gasteiger charge is -2.23. The Morgan fingerprint density at radius 3 is 1.33 bits per heavy atom. The molecule has 1 aromatic carbocycles. The van der Waals surface area contributed by atoms with Crippen LogP contribution in [0.2, 0.25) is 5.02 Å². The van der Waals surface area contributed by atoms with Gasteiger partial charge in [0.1, 0.15) is 84.7 Å². The molecule has 5 aliphatic heterocycles. The van der Waals surface area contributed by atoms with Crippen LogP contribution < -0.4 is 103 Å². The quantitative estimate of drug-likeness (QED) is 0.0444. The van der Waals surface area contributed by atoms with Crippen molar-refractivity contribution in [3.63, 3.8) is 0 Å². The van der Waals surface area contributed by atoms with Gasteiger partial charge in [-0.05, 0) is 104 Å². The molecular weight excluding hydrogens is 1530 g/mol. The van der Waals surface area contributed by atoms with Gasteiger partial charge >= 0.3 is 0 Å². The SMILES string of the molecule is C=C(C)Nc1cnn2c(N)cc(N3CC[C@H](N)C3)nc12.C=C(Nc1ccccc1)Nc1cnn2c(N)cc(N3CC[C@H](N)C3)nc12.Cc1cnn2c(N)c(Br)c(N3CC[C@@H](N)C3)nc12.Cc1cnn2c(N)c(Cl)c(N3CC[C@@H](N)C3)nc12.Nc1cc(N2CC[C@H](N)C2)nc2c(N(Cc3cccs3)Cc3cccs3)cnn12. The average Bonchev–Trinajstić information content (AvgIpc) is 1.28. The minimum Gasteiger partial charge on any atom is -0.383 e. The van der Waals surface area contributed by atoms with Gasteiger partial charge in [0.05, 0.1) is 44.1 Å². The number of thiophene rings is 2. The van der Waals surface area contributed by atoms with Crippen LogP contribution in [0.1, 0.15) is 59.9 Å². The lowest BCUT2D eigenvalue weighted by molar-refractivity contribution is 0.751. The molecule has 111 heavy (non-hydrogen) atoms. The Morgan fingerprint density at radius 2 is 0.892 bits per heavy atom. The number of nitrogen functional groups attached to an aromatic ring is 5. The smallest absolute Gasteiger partial charge is 0.183 e. The number of hydrogen-bond acceptors (Lipinski definition) is 31. The standard InChI is InChI=1S/C20H23N7S2.C18H22N8.C13H19N7.C11H15BrN6.C11H15ClN6/c21-14-5-6-25(11-14)19-9-18(22)27-20(24-19)17(10-23-27)26(12-15-3-1-7-28-15)13-16-4-2-8-29-16;1-12(22-14-5-3-2-4-6-14)23-15-10-21-26-16(20)9-17(24-18(15)26)25-8-7-13(19)11-25;1-8(2)17-10-6-16-20-11(15)5-12(18-13(10)20)19-4-3-9(14)7-19;2*1-6-4-15-18-9(14)8(12)11(16-10(6)18)17-3-2-7(13)5-17/h1-4,7-10,14H,5-6,11-13,21-22H2;2-6,9-10,13,22-23H,1,7-8,11,19-20H2;5-6,9,17H,1,3-4,7,14-15H2,2H3;2*4,7H,2-3,5,13-14H2,1H3/t14-;13-;9-;2*7-/m00011/s1. The second-order valence-electron chi connectivity index (χ2n) is 28.4. The number of anilines is 14. The van der Waals surface area contributed by atoms with Crippen molar-refractivity contribution in [3.8, 4) is 0 Å². The van der Waals surface area contributed by atoms with Crippen LogP contribution in [0.3, 0.4) is 0 Å². The first-order chi connectivity index (χ1) is 53.5. The number of allylic oxidation sites excluding steroid dienone is 1. The maximum absolute atomic E-state index is 6.33. The summed E-state index contributed by atoms with van der Waals surface area (Å²) in [5.74, 6) is 7.38. The highest BCUT2D eigenvalue weighted by molar-refractivity contribution is 9.10. The van der Waals surface area contributed by atoms with Gasteiger partial charge in [0, 0.05) is 146 Å². The number of rotatable bonds is 16. The fourth-order valence-corrected chi connectivity index (χ4v) is 16.1. The fourth-order valence-electron chi connectivity index (χ4n) is 13.9. The van der Waals surface area contributed by atoms with Crippen molar-refractivity contribution in [1.29, 1.82) is 0 Å². The third-order valence-corrected chi connectivity index (χ3v) is 22.4. The molecule has 0 unspecified atom stereocenters. The number of aryl methyl sites for hydroxylation is 2. The molecule has 5 saturated heterocycles. The Morgan fingerprint density at radius 1 is 0.486 bits per heavy atom. The summed E-state index contributed by atoms with van der Waals surface area (Å²) in [6.45, 7) is 23.7. The van der Waals surface area contributed by atoms with Crippen molar-refractivity contribution in [2.45, 2.75) is 96.2 Å². The zero-order valence-corrected chi connectivity index (χ0v) is 66.0. The highest BCUT2D eigenvalue weighted by Gasteiger charge is 2.30. The highest BCUT2D eigenvalue weighted by atomic mass is 79.9. The van der Waals surface area contributed by atoms with Crippen LogP contribution in [-0.4, -0.2) is 169 Å². The van der Waals surface area contributed by atoms with Gasteiger partial charge in [0.15, 0.2) is 34.1 Å². The van der Waals surface area contributed by atoms with Gasteiger partial charge in [-0.25, -0.2) is 24.9 Å². The van der Waals surface area contributed by atoms with Gasteiger partial charge in [-0.1, -0.05) is 55.1 Å². The van der Waals surface area contributed by atoms with E-state index in [1.807, 2.05) is 75.5 Å². The van der Waals surface area contributed by atoms with Gasteiger partial charge in [-0.15, -0.1) is 22.7 Å². The van der Waals surface area contributed by atoms with Crippen molar-refractivity contribution in [3.05, 3.63) is 170 Å². The highest BCUT2D eigenvalue weighted by Crippen LogP contribution is 2.37. The third kappa shape index (κ3) is 17.1. The summed E-state index contributed by atoms with van der Waals surface area (Å²) in [6, 6.07) is 24.8. The maximum Gasteiger partial charge on any atom is 0.183 e. The molecule has 18 rings (SSSR count). The molecular formula is C73H94BrClN34S2. The molecule has 34 nitrogen and oxygen atoms in total. The molecule has 0 radical (unpaired) electrons. The maximum atomic E-state index is 6.33. The fraction of sp³-hybridized carbons (Fsp3) is 0.342. The Kier molecular flexibility index (Phi) is 23.0. The van der Waals surface area contributed by atoms with Crippen LogP contribution in [0.25, 0.3) is 28.2 Å². The van der Waals surface area contributed by atoms with Crippen LogP contribution in [0.15, 0.2) is 144 Å². The van der Waals surface area contributed by atoms with Gasteiger partial charge in [-0.2, -0.15) is 48.1 Å².